The summed E-state index contributed by atoms with van der Waals surface area (Å²) < 4.78 is 68.4. The van der Waals surface area contributed by atoms with Gasteiger partial charge in [0, 0.05) is 25.7 Å². The van der Waals surface area contributed by atoms with Crippen molar-refractivity contribution in [3.05, 3.63) is 0 Å². The molecule has 0 amide bonds. The van der Waals surface area contributed by atoms with Gasteiger partial charge in [0.25, 0.3) is 0 Å². The molecule has 3 unspecified atom stereocenters. The summed E-state index contributed by atoms with van der Waals surface area (Å²) in [5.74, 6) is 0.901. The number of aliphatic hydroxyl groups is 1. The maximum atomic E-state index is 13.0. The topological polar surface area (TPSA) is 237 Å². The van der Waals surface area contributed by atoms with E-state index in [9.17, 15) is 43.2 Å². The van der Waals surface area contributed by atoms with E-state index in [0.717, 1.165) is 120 Å². The van der Waals surface area contributed by atoms with Gasteiger partial charge in [0.1, 0.15) is 19.3 Å². The van der Waals surface area contributed by atoms with Gasteiger partial charge in [-0.1, -0.05) is 319 Å². The van der Waals surface area contributed by atoms with Crippen molar-refractivity contribution < 1.29 is 80.2 Å². The van der Waals surface area contributed by atoms with Crippen LogP contribution in [-0.2, 0) is 65.4 Å². The Kier molecular flexibility index (Phi) is 62.2. The highest BCUT2D eigenvalue weighted by Crippen LogP contribution is 2.45. The molecule has 0 heterocycles. The number of carbonyl (C=O) groups is 4. The third-order valence-electron chi connectivity index (χ3n) is 17.4. The Labute approximate surface area is 568 Å². The van der Waals surface area contributed by atoms with Crippen molar-refractivity contribution in [1.82, 2.24) is 0 Å². The van der Waals surface area contributed by atoms with Crippen LogP contribution in [0, 0.1) is 23.7 Å². The summed E-state index contributed by atoms with van der Waals surface area (Å²) in [5, 5.41) is 10.6. The highest BCUT2D eigenvalue weighted by Gasteiger charge is 2.30. The van der Waals surface area contributed by atoms with Crippen molar-refractivity contribution in [1.29, 1.82) is 0 Å². The van der Waals surface area contributed by atoms with Gasteiger partial charge < -0.3 is 33.8 Å². The van der Waals surface area contributed by atoms with Crippen molar-refractivity contribution in [2.75, 3.05) is 39.6 Å². The normalized spacial score (nSPS) is 14.5. The van der Waals surface area contributed by atoms with Gasteiger partial charge in [0.05, 0.1) is 26.4 Å². The molecule has 0 rings (SSSR count). The Hall–Kier alpha value is -1.94. The van der Waals surface area contributed by atoms with E-state index >= 15 is 0 Å². The van der Waals surface area contributed by atoms with Crippen molar-refractivity contribution in [3.63, 3.8) is 0 Å². The van der Waals surface area contributed by atoms with Crippen LogP contribution in [0.15, 0.2) is 0 Å². The molecule has 17 nitrogen and oxygen atoms in total. The van der Waals surface area contributed by atoms with Crippen LogP contribution in [0.1, 0.15) is 370 Å². The fourth-order valence-corrected chi connectivity index (χ4v) is 12.7. The number of unbranched alkanes of at least 4 members (excludes halogenated alkanes) is 36. The molecule has 0 aromatic rings. The summed E-state index contributed by atoms with van der Waals surface area (Å²) >= 11 is 0. The smallest absolute Gasteiger partial charge is 0.462 e. The van der Waals surface area contributed by atoms with Gasteiger partial charge in [-0.2, -0.15) is 0 Å². The number of rotatable bonds is 71. The second kappa shape index (κ2) is 63.5. The Morgan fingerprint density at radius 1 is 0.301 bits per heavy atom. The SMILES string of the molecule is CCC(C)CCCCCCCCC(=O)OC[C@H](COP(=O)(O)OC[C@H](O)COP(=O)(O)OC[C@@H](COC(=O)CCCCCCCCCCCCCCCC(C)C)OC(=O)CCCCCCCCCCC(C)C)OC(=O)CCCCCCCCCCCCCCCC(C)C. The summed E-state index contributed by atoms with van der Waals surface area (Å²) in [6.45, 7) is 14.1. The number of hydrogen-bond donors (Lipinski definition) is 3. The predicted octanol–water partition coefficient (Wildman–Crippen LogP) is 21.3. The first-order chi connectivity index (χ1) is 44.6. The Morgan fingerprint density at radius 2 is 0.516 bits per heavy atom. The van der Waals surface area contributed by atoms with E-state index in [1.54, 1.807) is 0 Å². The highest BCUT2D eigenvalue weighted by atomic mass is 31.2. The van der Waals surface area contributed by atoms with Gasteiger partial charge >= 0.3 is 39.5 Å². The van der Waals surface area contributed by atoms with Crippen molar-refractivity contribution in [3.8, 4) is 0 Å². The van der Waals surface area contributed by atoms with Crippen molar-refractivity contribution >= 4 is 39.5 Å². The van der Waals surface area contributed by atoms with E-state index in [1.807, 2.05) is 0 Å². The summed E-state index contributed by atoms with van der Waals surface area (Å²) in [6.07, 6.45) is 47.2. The van der Waals surface area contributed by atoms with Gasteiger partial charge in [-0.25, -0.2) is 9.13 Å². The number of phosphoric acid groups is 2. The number of carbonyl (C=O) groups excluding carboxylic acids is 4. The van der Waals surface area contributed by atoms with Crippen LogP contribution in [0.4, 0.5) is 0 Å². The van der Waals surface area contributed by atoms with Crippen LogP contribution in [-0.4, -0.2) is 96.7 Å². The van der Waals surface area contributed by atoms with Crippen LogP contribution < -0.4 is 0 Å². The molecule has 0 saturated carbocycles. The third-order valence-corrected chi connectivity index (χ3v) is 19.3. The van der Waals surface area contributed by atoms with Crippen LogP contribution in [0.2, 0.25) is 0 Å². The molecule has 0 fully saturated rings. The van der Waals surface area contributed by atoms with Gasteiger partial charge in [0.15, 0.2) is 12.2 Å². The monoisotopic (exact) mass is 1370 g/mol. The van der Waals surface area contributed by atoms with E-state index in [1.165, 1.54) is 167 Å². The minimum Gasteiger partial charge on any atom is -0.462 e. The molecule has 0 aliphatic heterocycles. The minimum absolute atomic E-state index is 0.104. The lowest BCUT2D eigenvalue weighted by Gasteiger charge is -2.21. The molecule has 0 aromatic carbocycles. The molecule has 0 spiro atoms. The molecule has 0 aliphatic rings. The van der Waals surface area contributed by atoms with Crippen LogP contribution in [0.25, 0.3) is 0 Å². The molecular formula is C74H144O17P2. The molecular weight excluding hydrogens is 1220 g/mol. The average Bonchev–Trinajstić information content (AvgIpc) is 1.70. The lowest BCUT2D eigenvalue weighted by molar-refractivity contribution is -0.161. The van der Waals surface area contributed by atoms with Crippen LogP contribution >= 0.6 is 15.6 Å². The van der Waals surface area contributed by atoms with Gasteiger partial charge in [0.2, 0.25) is 0 Å². The first-order valence-corrected chi connectivity index (χ1v) is 41.2. The lowest BCUT2D eigenvalue weighted by Crippen LogP contribution is -2.30. The fraction of sp³-hybridized carbons (Fsp3) is 0.946. The predicted molar refractivity (Wildman–Crippen MR) is 377 cm³/mol. The summed E-state index contributed by atoms with van der Waals surface area (Å²) in [4.78, 5) is 72.7. The highest BCUT2D eigenvalue weighted by molar-refractivity contribution is 7.47. The molecule has 6 atom stereocenters. The van der Waals surface area contributed by atoms with Gasteiger partial charge in [-0.3, -0.25) is 37.3 Å². The molecule has 93 heavy (non-hydrogen) atoms. The van der Waals surface area contributed by atoms with Crippen LogP contribution in [0.3, 0.4) is 0 Å². The molecule has 0 bridgehead atoms. The molecule has 3 N–H and O–H groups in total. The summed E-state index contributed by atoms with van der Waals surface area (Å²) in [6, 6.07) is 0. The fourth-order valence-electron chi connectivity index (χ4n) is 11.2. The van der Waals surface area contributed by atoms with Crippen LogP contribution in [0.5, 0.6) is 0 Å². The third kappa shape index (κ3) is 67.0. The molecule has 0 aliphatic carbocycles. The standard InChI is InChI=1S/C74H144O17P2/c1-9-67(8)53-45-37-32-33-39-47-55-72(77)85-61-70(90-73(78)56-48-40-30-23-19-15-11-13-17-21-27-35-43-51-65(4)5)63-89-93(82,83)87-59-68(75)58-86-92(80,81)88-62-69(91-74(79)57-49-41-31-25-24-28-36-44-52-66(6)7)60-84-71(76)54-46-38-29-22-18-14-10-12-16-20-26-34-42-50-64(2)3/h64-70,75H,9-63H2,1-8H3,(H,80,81)(H,82,83)/t67?,68-,69-,70-/m1/s1. The Balaban J connectivity index is 5.23. The van der Waals surface area contributed by atoms with E-state index < -0.39 is 97.5 Å². The molecule has 19 heteroatoms. The molecule has 552 valence electrons. The van der Waals surface area contributed by atoms with E-state index in [0.29, 0.717) is 25.7 Å². The second-order valence-corrected chi connectivity index (χ2v) is 31.3. The van der Waals surface area contributed by atoms with Crippen molar-refractivity contribution in [2.24, 2.45) is 23.7 Å². The summed E-state index contributed by atoms with van der Waals surface area (Å²) in [7, 11) is -9.91. The number of esters is 4. The second-order valence-electron chi connectivity index (χ2n) is 28.4. The average molecular weight is 1370 g/mol. The Bertz CT molecular complexity index is 1840. The maximum Gasteiger partial charge on any atom is 0.472 e. The largest absolute Gasteiger partial charge is 0.472 e. The van der Waals surface area contributed by atoms with E-state index in [-0.39, 0.29) is 25.7 Å². The maximum absolute atomic E-state index is 13.0. The van der Waals surface area contributed by atoms with E-state index in [2.05, 4.69) is 55.4 Å². The minimum atomic E-state index is -4.95. The summed E-state index contributed by atoms with van der Waals surface area (Å²) in [5.41, 5.74) is 0. The number of aliphatic hydroxyl groups excluding tert-OH is 1. The number of ether oxygens (including phenoxy) is 4. The molecule has 0 aromatic heterocycles. The number of phosphoric ester groups is 2. The zero-order valence-electron chi connectivity index (χ0n) is 60.9. The van der Waals surface area contributed by atoms with E-state index in [4.69, 9.17) is 37.0 Å². The zero-order valence-corrected chi connectivity index (χ0v) is 62.7. The zero-order chi connectivity index (χ0) is 68.9. The van der Waals surface area contributed by atoms with Crippen molar-refractivity contribution in [2.45, 2.75) is 388 Å². The van der Waals surface area contributed by atoms with Gasteiger partial charge in [-0.15, -0.1) is 0 Å². The quantitative estimate of drug-likeness (QED) is 0.0222. The molecule has 0 radical (unpaired) electrons. The molecule has 0 saturated heterocycles. The number of hydrogen-bond acceptors (Lipinski definition) is 15. The van der Waals surface area contributed by atoms with Gasteiger partial charge in [-0.05, 0) is 49.4 Å². The lowest BCUT2D eigenvalue weighted by atomic mass is 10.00. The first kappa shape index (κ1) is 91.1. The first-order valence-electron chi connectivity index (χ1n) is 38.2. The Morgan fingerprint density at radius 3 is 0.763 bits per heavy atom.